The molecule has 0 saturated heterocycles. The molecule has 0 aromatic heterocycles. The summed E-state index contributed by atoms with van der Waals surface area (Å²) in [6.07, 6.45) is 2.34. The highest BCUT2D eigenvalue weighted by atomic mass is 16.2. The second-order valence-electron chi connectivity index (χ2n) is 4.06. The summed E-state index contributed by atoms with van der Waals surface area (Å²) in [7, 11) is 0. The van der Waals surface area contributed by atoms with Crippen LogP contribution in [0.4, 0.5) is 0 Å². The van der Waals surface area contributed by atoms with Crippen LogP contribution in [0.2, 0.25) is 0 Å². The average Bonchev–Trinajstić information content (AvgIpc) is 2.64. The van der Waals surface area contributed by atoms with Crippen LogP contribution < -0.4 is 16.8 Å². The summed E-state index contributed by atoms with van der Waals surface area (Å²) < 4.78 is 0. The summed E-state index contributed by atoms with van der Waals surface area (Å²) in [6.45, 7) is 0. The molecule has 3 unspecified atom stereocenters. The van der Waals surface area contributed by atoms with Crippen LogP contribution in [0, 0.1) is 17.2 Å². The minimum absolute atomic E-state index is 0.142. The minimum Gasteiger partial charge on any atom is -0.370 e. The van der Waals surface area contributed by atoms with Gasteiger partial charge in [0, 0.05) is 6.04 Å². The Morgan fingerprint density at radius 2 is 2.19 bits per heavy atom. The lowest BCUT2D eigenvalue weighted by Crippen LogP contribution is -2.47. The molecule has 16 heavy (non-hydrogen) atoms. The van der Waals surface area contributed by atoms with Gasteiger partial charge in [0.05, 0.1) is 24.4 Å². The third kappa shape index (κ3) is 3.21. The number of hydrogen-bond acceptors (Lipinski definition) is 4. The van der Waals surface area contributed by atoms with Gasteiger partial charge in [0.2, 0.25) is 11.8 Å². The molecule has 0 aromatic rings. The van der Waals surface area contributed by atoms with Gasteiger partial charge in [-0.25, -0.2) is 0 Å². The van der Waals surface area contributed by atoms with Crippen LogP contribution in [0.15, 0.2) is 0 Å². The highest BCUT2D eigenvalue weighted by Gasteiger charge is 2.29. The van der Waals surface area contributed by atoms with Gasteiger partial charge >= 0.3 is 0 Å². The van der Waals surface area contributed by atoms with Crippen molar-refractivity contribution in [1.82, 2.24) is 5.32 Å². The minimum atomic E-state index is -0.919. The summed E-state index contributed by atoms with van der Waals surface area (Å²) in [5, 5.41) is 11.5. The van der Waals surface area contributed by atoms with Gasteiger partial charge in [0.1, 0.15) is 0 Å². The van der Waals surface area contributed by atoms with E-state index in [4.69, 9.17) is 16.7 Å². The number of rotatable bonds is 4. The average molecular weight is 224 g/mol. The first-order chi connectivity index (χ1) is 7.54. The lowest BCUT2D eigenvalue weighted by molar-refractivity contribution is -0.126. The van der Waals surface area contributed by atoms with Crippen LogP contribution >= 0.6 is 0 Å². The third-order valence-corrected chi connectivity index (χ3v) is 2.77. The van der Waals surface area contributed by atoms with Crippen molar-refractivity contribution in [1.29, 1.82) is 5.26 Å². The number of carbonyl (C=O) groups excluding carboxylic acids is 2. The molecule has 3 atom stereocenters. The maximum absolute atomic E-state index is 11.5. The molecule has 0 spiro atoms. The summed E-state index contributed by atoms with van der Waals surface area (Å²) in [5.74, 6) is -1.17. The SMILES string of the molecule is N#CC1CCCC1NC(=O)C(N)CC(N)=O. The number of nitrogens with one attached hydrogen (secondary N) is 1. The zero-order valence-corrected chi connectivity index (χ0v) is 8.98. The largest absolute Gasteiger partial charge is 0.370 e. The molecule has 0 bridgehead atoms. The molecule has 2 amide bonds. The van der Waals surface area contributed by atoms with E-state index >= 15 is 0 Å². The Labute approximate surface area is 94.0 Å². The van der Waals surface area contributed by atoms with Crippen molar-refractivity contribution in [2.75, 3.05) is 0 Å². The predicted octanol–water partition coefficient (Wildman–Crippen LogP) is -1.00. The van der Waals surface area contributed by atoms with Crippen molar-refractivity contribution in [2.45, 2.75) is 37.8 Å². The van der Waals surface area contributed by atoms with Crippen LogP contribution in [-0.2, 0) is 9.59 Å². The molecular formula is C10H16N4O2. The molecule has 6 heteroatoms. The molecule has 1 fully saturated rings. The van der Waals surface area contributed by atoms with Gasteiger partial charge < -0.3 is 16.8 Å². The molecule has 0 heterocycles. The number of amides is 2. The zero-order valence-electron chi connectivity index (χ0n) is 8.98. The van der Waals surface area contributed by atoms with Crippen LogP contribution in [0.5, 0.6) is 0 Å². The van der Waals surface area contributed by atoms with E-state index in [9.17, 15) is 9.59 Å². The molecular weight excluding hydrogens is 208 g/mol. The van der Waals surface area contributed by atoms with Crippen molar-refractivity contribution in [2.24, 2.45) is 17.4 Å². The maximum atomic E-state index is 11.5. The van der Waals surface area contributed by atoms with Crippen molar-refractivity contribution in [3.8, 4) is 6.07 Å². The van der Waals surface area contributed by atoms with Gasteiger partial charge in [-0.1, -0.05) is 0 Å². The van der Waals surface area contributed by atoms with Crippen molar-refractivity contribution < 1.29 is 9.59 Å². The normalized spacial score (nSPS) is 25.8. The van der Waals surface area contributed by atoms with Gasteiger partial charge in [0.25, 0.3) is 0 Å². The second kappa shape index (κ2) is 5.47. The lowest BCUT2D eigenvalue weighted by atomic mass is 10.1. The van der Waals surface area contributed by atoms with Crippen molar-refractivity contribution in [3.05, 3.63) is 0 Å². The van der Waals surface area contributed by atoms with Gasteiger partial charge in [-0.3, -0.25) is 9.59 Å². The number of primary amides is 1. The van der Waals surface area contributed by atoms with E-state index in [1.54, 1.807) is 0 Å². The smallest absolute Gasteiger partial charge is 0.237 e. The first-order valence-electron chi connectivity index (χ1n) is 5.28. The molecule has 0 radical (unpaired) electrons. The Kier molecular flexibility index (Phi) is 4.26. The van der Waals surface area contributed by atoms with E-state index in [1.807, 2.05) is 0 Å². The monoisotopic (exact) mass is 224 g/mol. The first-order valence-corrected chi connectivity index (χ1v) is 5.28. The highest BCUT2D eigenvalue weighted by molar-refractivity contribution is 5.87. The van der Waals surface area contributed by atoms with Gasteiger partial charge in [-0.15, -0.1) is 0 Å². The Morgan fingerprint density at radius 1 is 1.50 bits per heavy atom. The molecule has 1 rings (SSSR count). The van der Waals surface area contributed by atoms with E-state index in [-0.39, 0.29) is 18.4 Å². The van der Waals surface area contributed by atoms with Crippen LogP contribution in [0.3, 0.4) is 0 Å². The molecule has 88 valence electrons. The quantitative estimate of drug-likeness (QED) is 0.566. The molecule has 5 N–H and O–H groups in total. The number of nitrogens with two attached hydrogens (primary N) is 2. The summed E-state index contributed by atoms with van der Waals surface area (Å²) >= 11 is 0. The Morgan fingerprint density at radius 3 is 2.75 bits per heavy atom. The van der Waals surface area contributed by atoms with E-state index in [0.29, 0.717) is 0 Å². The molecule has 1 aliphatic rings. The van der Waals surface area contributed by atoms with E-state index < -0.39 is 17.9 Å². The maximum Gasteiger partial charge on any atom is 0.237 e. The topological polar surface area (TPSA) is 122 Å². The van der Waals surface area contributed by atoms with E-state index in [0.717, 1.165) is 19.3 Å². The second-order valence-corrected chi connectivity index (χ2v) is 4.06. The van der Waals surface area contributed by atoms with Crippen LogP contribution in [-0.4, -0.2) is 23.9 Å². The summed E-state index contributed by atoms with van der Waals surface area (Å²) in [6, 6.07) is 1.09. The number of hydrogen-bond donors (Lipinski definition) is 3. The Hall–Kier alpha value is -1.61. The Balaban J connectivity index is 2.45. The fourth-order valence-electron chi connectivity index (χ4n) is 1.89. The fraction of sp³-hybridized carbons (Fsp3) is 0.700. The van der Waals surface area contributed by atoms with Crippen molar-refractivity contribution >= 4 is 11.8 Å². The van der Waals surface area contributed by atoms with Gasteiger partial charge in [-0.2, -0.15) is 5.26 Å². The molecule has 6 nitrogen and oxygen atoms in total. The number of carbonyl (C=O) groups is 2. The third-order valence-electron chi connectivity index (χ3n) is 2.77. The van der Waals surface area contributed by atoms with Gasteiger partial charge in [0.15, 0.2) is 0 Å². The first kappa shape index (κ1) is 12.5. The summed E-state index contributed by atoms with van der Waals surface area (Å²) in [5.41, 5.74) is 10.4. The number of nitriles is 1. The van der Waals surface area contributed by atoms with Gasteiger partial charge in [-0.05, 0) is 19.3 Å². The Bertz CT molecular complexity index is 323. The molecule has 0 aliphatic heterocycles. The standard InChI is InChI=1S/C10H16N4O2/c11-5-6-2-1-3-8(6)14-10(16)7(12)4-9(13)15/h6-8H,1-4,12H2,(H2,13,15)(H,14,16). The van der Waals surface area contributed by atoms with E-state index in [1.165, 1.54) is 0 Å². The highest BCUT2D eigenvalue weighted by Crippen LogP contribution is 2.24. The zero-order chi connectivity index (χ0) is 12.1. The molecule has 1 aliphatic carbocycles. The van der Waals surface area contributed by atoms with Crippen LogP contribution in [0.1, 0.15) is 25.7 Å². The molecule has 1 saturated carbocycles. The van der Waals surface area contributed by atoms with E-state index in [2.05, 4.69) is 11.4 Å². The van der Waals surface area contributed by atoms with Crippen LogP contribution in [0.25, 0.3) is 0 Å². The summed E-state index contributed by atoms with van der Waals surface area (Å²) in [4.78, 5) is 22.1. The number of nitrogens with zero attached hydrogens (tertiary/aromatic N) is 1. The molecule has 0 aromatic carbocycles. The van der Waals surface area contributed by atoms with Crippen molar-refractivity contribution in [3.63, 3.8) is 0 Å². The fourth-order valence-corrected chi connectivity index (χ4v) is 1.89. The lowest BCUT2D eigenvalue weighted by Gasteiger charge is -2.18. The predicted molar refractivity (Wildman–Crippen MR) is 56.7 cm³/mol.